The quantitative estimate of drug-likeness (QED) is 0.778. The number of hydrogen-bond acceptors (Lipinski definition) is 5. The molecule has 4 N–H and O–H groups in total. The summed E-state index contributed by atoms with van der Waals surface area (Å²) in [5.74, 6) is -1.60. The van der Waals surface area contributed by atoms with Gasteiger partial charge in [-0.05, 0) is 18.2 Å². The fourth-order valence-corrected chi connectivity index (χ4v) is 2.01. The van der Waals surface area contributed by atoms with Crippen molar-refractivity contribution in [1.29, 1.82) is 0 Å². The Labute approximate surface area is 106 Å². The monoisotopic (exact) mass is 263 g/mol. The van der Waals surface area contributed by atoms with E-state index in [2.05, 4.69) is 10.3 Å². The van der Waals surface area contributed by atoms with E-state index in [0.29, 0.717) is 16.4 Å². The van der Waals surface area contributed by atoms with E-state index in [4.69, 9.17) is 10.8 Å². The molecule has 0 aliphatic carbocycles. The smallest absolute Gasteiger partial charge is 0.355 e. The zero-order valence-corrected chi connectivity index (χ0v) is 9.90. The Morgan fingerprint density at radius 1 is 1.39 bits per heavy atom. The van der Waals surface area contributed by atoms with Crippen LogP contribution in [0, 0.1) is 0 Å². The molecule has 0 saturated heterocycles. The van der Waals surface area contributed by atoms with E-state index >= 15 is 0 Å². The standard InChI is InChI=1S/C11H9N3O3S/c12-9(15)6-2-1-3-7(4-6)13-11-14-8(5-18-11)10(16)17/h1-5H,(H2,12,15)(H,13,14)(H,16,17). The maximum Gasteiger partial charge on any atom is 0.355 e. The highest BCUT2D eigenvalue weighted by atomic mass is 32.1. The van der Waals surface area contributed by atoms with Crippen LogP contribution in [0.5, 0.6) is 0 Å². The fraction of sp³-hybridized carbons (Fsp3) is 0. The third kappa shape index (κ3) is 2.64. The highest BCUT2D eigenvalue weighted by Crippen LogP contribution is 2.21. The first-order valence-corrected chi connectivity index (χ1v) is 5.80. The first-order valence-electron chi connectivity index (χ1n) is 4.92. The van der Waals surface area contributed by atoms with E-state index < -0.39 is 11.9 Å². The third-order valence-electron chi connectivity index (χ3n) is 2.12. The van der Waals surface area contributed by atoms with Gasteiger partial charge < -0.3 is 16.2 Å². The van der Waals surface area contributed by atoms with Crippen LogP contribution < -0.4 is 11.1 Å². The van der Waals surface area contributed by atoms with Gasteiger partial charge in [-0.2, -0.15) is 0 Å². The molecule has 2 aromatic rings. The first kappa shape index (κ1) is 12.1. The molecule has 1 aromatic carbocycles. The number of primary amides is 1. The van der Waals surface area contributed by atoms with Crippen molar-refractivity contribution in [2.24, 2.45) is 5.73 Å². The van der Waals surface area contributed by atoms with Crippen LogP contribution in [0.2, 0.25) is 0 Å². The van der Waals surface area contributed by atoms with Gasteiger partial charge in [0.15, 0.2) is 10.8 Å². The van der Waals surface area contributed by atoms with Crippen LogP contribution in [0.4, 0.5) is 10.8 Å². The van der Waals surface area contributed by atoms with Gasteiger partial charge in [-0.15, -0.1) is 11.3 Å². The van der Waals surface area contributed by atoms with Crippen LogP contribution in [0.1, 0.15) is 20.8 Å². The fourth-order valence-electron chi connectivity index (χ4n) is 1.30. The lowest BCUT2D eigenvalue weighted by Gasteiger charge is -2.03. The molecule has 0 unspecified atom stereocenters. The summed E-state index contributed by atoms with van der Waals surface area (Å²) in [4.78, 5) is 25.5. The number of carboxylic acid groups (broad SMARTS) is 1. The van der Waals surface area contributed by atoms with E-state index in [1.807, 2.05) is 0 Å². The van der Waals surface area contributed by atoms with Crippen molar-refractivity contribution in [3.05, 3.63) is 40.9 Å². The molecule has 1 aromatic heterocycles. The van der Waals surface area contributed by atoms with Crippen LogP contribution in [0.3, 0.4) is 0 Å². The SMILES string of the molecule is NC(=O)c1cccc(Nc2nc(C(=O)O)cs2)c1. The molecule has 7 heteroatoms. The number of nitrogens with zero attached hydrogens (tertiary/aromatic N) is 1. The van der Waals surface area contributed by atoms with Crippen molar-refractivity contribution in [2.45, 2.75) is 0 Å². The Hall–Kier alpha value is -2.41. The molecule has 92 valence electrons. The van der Waals surface area contributed by atoms with Gasteiger partial charge in [0.2, 0.25) is 5.91 Å². The maximum atomic E-state index is 11.0. The summed E-state index contributed by atoms with van der Waals surface area (Å²) in [7, 11) is 0. The Bertz CT molecular complexity index is 609. The van der Waals surface area contributed by atoms with Gasteiger partial charge in [0.1, 0.15) is 0 Å². The van der Waals surface area contributed by atoms with Gasteiger partial charge in [-0.3, -0.25) is 4.79 Å². The van der Waals surface area contributed by atoms with Crippen LogP contribution in [0.15, 0.2) is 29.6 Å². The zero-order valence-electron chi connectivity index (χ0n) is 9.08. The zero-order chi connectivity index (χ0) is 13.1. The Kier molecular flexibility index (Phi) is 3.24. The number of rotatable bonds is 4. The van der Waals surface area contributed by atoms with Crippen molar-refractivity contribution in [1.82, 2.24) is 4.98 Å². The second-order valence-electron chi connectivity index (χ2n) is 3.41. The summed E-state index contributed by atoms with van der Waals surface area (Å²) >= 11 is 1.17. The molecule has 0 aliphatic heterocycles. The van der Waals surface area contributed by atoms with Crippen molar-refractivity contribution >= 4 is 34.0 Å². The number of benzene rings is 1. The molecule has 0 aliphatic rings. The average molecular weight is 263 g/mol. The van der Waals surface area contributed by atoms with Crippen LogP contribution in [-0.2, 0) is 0 Å². The topological polar surface area (TPSA) is 105 Å². The predicted octanol–water partition coefficient (Wildman–Crippen LogP) is 1.68. The highest BCUT2D eigenvalue weighted by molar-refractivity contribution is 7.14. The first-order chi connectivity index (χ1) is 8.56. The van der Waals surface area contributed by atoms with Crippen molar-refractivity contribution < 1.29 is 14.7 Å². The molecule has 0 fully saturated rings. The maximum absolute atomic E-state index is 11.0. The minimum Gasteiger partial charge on any atom is -0.476 e. The molecule has 0 bridgehead atoms. The number of aromatic nitrogens is 1. The molecule has 0 saturated carbocycles. The predicted molar refractivity (Wildman–Crippen MR) is 67.3 cm³/mol. The Morgan fingerprint density at radius 2 is 2.17 bits per heavy atom. The number of nitrogens with one attached hydrogen (secondary N) is 1. The van der Waals surface area contributed by atoms with Gasteiger partial charge in [-0.25, -0.2) is 9.78 Å². The second-order valence-corrected chi connectivity index (χ2v) is 4.27. The summed E-state index contributed by atoms with van der Waals surface area (Å²) in [6.45, 7) is 0. The highest BCUT2D eigenvalue weighted by Gasteiger charge is 2.09. The van der Waals surface area contributed by atoms with Crippen molar-refractivity contribution in [3.63, 3.8) is 0 Å². The van der Waals surface area contributed by atoms with Crippen LogP contribution in [0.25, 0.3) is 0 Å². The van der Waals surface area contributed by atoms with E-state index in [9.17, 15) is 9.59 Å². The molecule has 0 atom stereocenters. The Morgan fingerprint density at radius 3 is 2.78 bits per heavy atom. The number of amides is 1. The summed E-state index contributed by atoms with van der Waals surface area (Å²) in [6.07, 6.45) is 0. The molecular formula is C11H9N3O3S. The van der Waals surface area contributed by atoms with E-state index in [1.54, 1.807) is 24.3 Å². The lowest BCUT2D eigenvalue weighted by molar-refractivity contribution is 0.0691. The number of aromatic carboxylic acids is 1. The summed E-state index contributed by atoms with van der Waals surface area (Å²) in [5, 5.41) is 13.5. The number of anilines is 2. The van der Waals surface area contributed by atoms with Crippen molar-refractivity contribution in [3.8, 4) is 0 Å². The lowest BCUT2D eigenvalue weighted by atomic mass is 10.2. The third-order valence-corrected chi connectivity index (χ3v) is 2.88. The minimum absolute atomic E-state index is 0.0199. The van der Waals surface area contributed by atoms with Gasteiger partial charge in [-0.1, -0.05) is 6.07 Å². The molecule has 2 rings (SSSR count). The van der Waals surface area contributed by atoms with Gasteiger partial charge in [0, 0.05) is 16.6 Å². The average Bonchev–Trinajstić information content (AvgIpc) is 2.78. The molecule has 6 nitrogen and oxygen atoms in total. The number of carbonyl (C=O) groups excluding carboxylic acids is 1. The van der Waals surface area contributed by atoms with Crippen molar-refractivity contribution in [2.75, 3.05) is 5.32 Å². The minimum atomic E-state index is -1.08. The van der Waals surface area contributed by atoms with E-state index in [-0.39, 0.29) is 5.69 Å². The summed E-state index contributed by atoms with van der Waals surface area (Å²) in [5.41, 5.74) is 6.14. The van der Waals surface area contributed by atoms with E-state index in [0.717, 1.165) is 0 Å². The van der Waals surface area contributed by atoms with Crippen LogP contribution in [-0.4, -0.2) is 22.0 Å². The number of carbonyl (C=O) groups is 2. The van der Waals surface area contributed by atoms with Crippen LogP contribution >= 0.6 is 11.3 Å². The number of thiazole rings is 1. The Balaban J connectivity index is 2.20. The lowest BCUT2D eigenvalue weighted by Crippen LogP contribution is -2.10. The van der Waals surface area contributed by atoms with E-state index in [1.165, 1.54) is 16.7 Å². The number of hydrogen-bond donors (Lipinski definition) is 3. The number of nitrogens with two attached hydrogens (primary N) is 1. The molecule has 0 radical (unpaired) electrons. The van der Waals surface area contributed by atoms with Gasteiger partial charge >= 0.3 is 5.97 Å². The molecular weight excluding hydrogens is 254 g/mol. The summed E-state index contributed by atoms with van der Waals surface area (Å²) in [6, 6.07) is 6.57. The largest absolute Gasteiger partial charge is 0.476 e. The second kappa shape index (κ2) is 4.84. The molecule has 18 heavy (non-hydrogen) atoms. The molecule has 0 spiro atoms. The molecule has 1 heterocycles. The van der Waals surface area contributed by atoms with Gasteiger partial charge in [0.05, 0.1) is 0 Å². The molecule has 1 amide bonds. The number of carboxylic acids is 1. The summed E-state index contributed by atoms with van der Waals surface area (Å²) < 4.78 is 0. The van der Waals surface area contributed by atoms with Gasteiger partial charge in [0.25, 0.3) is 0 Å². The normalized spacial score (nSPS) is 10.0.